The van der Waals surface area contributed by atoms with Crippen LogP contribution in [0, 0.1) is 0 Å². The lowest BCUT2D eigenvalue weighted by atomic mass is 10.2. The van der Waals surface area contributed by atoms with E-state index in [-0.39, 0.29) is 12.6 Å². The van der Waals surface area contributed by atoms with Crippen molar-refractivity contribution in [2.24, 2.45) is 0 Å². The van der Waals surface area contributed by atoms with E-state index in [1.165, 1.54) is 6.20 Å². The maximum absolute atomic E-state index is 12.6. The van der Waals surface area contributed by atoms with Crippen molar-refractivity contribution in [2.45, 2.75) is 6.54 Å². The van der Waals surface area contributed by atoms with Crippen LogP contribution in [-0.2, 0) is 11.3 Å². The first kappa shape index (κ1) is 25.5. The minimum atomic E-state index is -0.00786. The Labute approximate surface area is 225 Å². The molecule has 0 unspecified atom stereocenters. The Bertz CT molecular complexity index is 1370. The number of rotatable bonds is 9. The lowest BCUT2D eigenvalue weighted by Crippen LogP contribution is -2.40. The maximum atomic E-state index is 12.6. The number of nitrogens with one attached hydrogen (secondary N) is 1. The van der Waals surface area contributed by atoms with E-state index in [0.717, 1.165) is 11.3 Å². The molecule has 2 aromatic heterocycles. The molecule has 0 saturated carbocycles. The van der Waals surface area contributed by atoms with Crippen LogP contribution in [0.2, 0.25) is 5.02 Å². The van der Waals surface area contributed by atoms with Crippen molar-refractivity contribution in [1.29, 1.82) is 0 Å². The van der Waals surface area contributed by atoms with E-state index in [9.17, 15) is 4.79 Å². The summed E-state index contributed by atoms with van der Waals surface area (Å²) in [6, 6.07) is 16.7. The number of aromatic nitrogens is 4. The summed E-state index contributed by atoms with van der Waals surface area (Å²) in [4.78, 5) is 23.1. The summed E-state index contributed by atoms with van der Waals surface area (Å²) in [5.74, 6) is 1.77. The number of amides is 1. The van der Waals surface area contributed by atoms with E-state index in [1.54, 1.807) is 36.3 Å². The molecule has 38 heavy (non-hydrogen) atoms. The van der Waals surface area contributed by atoms with E-state index in [1.807, 2.05) is 41.2 Å². The number of carbonyl (C=O) groups excluding carboxylic acids is 1. The number of benzene rings is 2. The van der Waals surface area contributed by atoms with E-state index < -0.39 is 0 Å². The minimum Gasteiger partial charge on any atom is -0.497 e. The van der Waals surface area contributed by atoms with Gasteiger partial charge in [-0.25, -0.2) is 9.97 Å². The van der Waals surface area contributed by atoms with Gasteiger partial charge in [-0.05, 0) is 48.0 Å². The molecule has 1 N–H and O–H groups in total. The molecule has 0 atom stereocenters. The lowest BCUT2D eigenvalue weighted by Gasteiger charge is -2.26. The van der Waals surface area contributed by atoms with Crippen LogP contribution in [0.3, 0.4) is 0 Å². The van der Waals surface area contributed by atoms with Gasteiger partial charge in [0, 0.05) is 24.8 Å². The second-order valence-corrected chi connectivity index (χ2v) is 8.94. The molecule has 0 aliphatic carbocycles. The summed E-state index contributed by atoms with van der Waals surface area (Å²) in [6.07, 6.45) is 3.41. The summed E-state index contributed by atoms with van der Waals surface area (Å²) < 4.78 is 18.1. The van der Waals surface area contributed by atoms with Crippen molar-refractivity contribution >= 4 is 23.5 Å². The van der Waals surface area contributed by atoms with Crippen LogP contribution in [0.15, 0.2) is 67.0 Å². The van der Waals surface area contributed by atoms with Gasteiger partial charge >= 0.3 is 0 Å². The zero-order valence-corrected chi connectivity index (χ0v) is 21.6. The highest BCUT2D eigenvalue weighted by atomic mass is 35.5. The number of ether oxygens (including phenoxy) is 3. The highest BCUT2D eigenvalue weighted by molar-refractivity contribution is 6.32. The number of hydrogen-bond acceptors (Lipinski definition) is 8. The Kier molecular flexibility index (Phi) is 8.01. The molecule has 0 spiro atoms. The number of hydrogen-bond donors (Lipinski definition) is 1. The van der Waals surface area contributed by atoms with Crippen LogP contribution in [0.4, 0.5) is 5.95 Å². The fourth-order valence-electron chi connectivity index (χ4n) is 3.95. The van der Waals surface area contributed by atoms with Crippen molar-refractivity contribution in [3.8, 4) is 22.9 Å². The molecule has 3 heterocycles. The Morgan fingerprint density at radius 1 is 1.05 bits per heavy atom. The summed E-state index contributed by atoms with van der Waals surface area (Å²) in [7, 11) is 1.64. The number of halogens is 1. The van der Waals surface area contributed by atoms with Crippen LogP contribution in [-0.4, -0.2) is 70.7 Å². The largest absolute Gasteiger partial charge is 0.497 e. The zero-order chi connectivity index (χ0) is 26.3. The molecule has 2 aromatic carbocycles. The minimum absolute atomic E-state index is 0.00786. The van der Waals surface area contributed by atoms with Crippen molar-refractivity contribution in [2.75, 3.05) is 45.5 Å². The maximum Gasteiger partial charge on any atom is 0.254 e. The van der Waals surface area contributed by atoms with Crippen molar-refractivity contribution < 1.29 is 19.0 Å². The molecule has 4 aromatic rings. The van der Waals surface area contributed by atoms with Gasteiger partial charge in [-0.1, -0.05) is 23.7 Å². The Balaban J connectivity index is 1.17. The predicted molar refractivity (Wildman–Crippen MR) is 143 cm³/mol. The van der Waals surface area contributed by atoms with Gasteiger partial charge in [-0.3, -0.25) is 9.48 Å². The Hall–Kier alpha value is -4.15. The topological polar surface area (TPSA) is 104 Å². The summed E-state index contributed by atoms with van der Waals surface area (Å²) >= 11 is 6.37. The molecule has 0 radical (unpaired) electrons. The highest BCUT2D eigenvalue weighted by Gasteiger charge is 2.18. The number of nitrogens with zero attached hydrogens (tertiary/aromatic N) is 5. The van der Waals surface area contributed by atoms with E-state index in [2.05, 4.69) is 20.4 Å². The average molecular weight is 535 g/mol. The van der Waals surface area contributed by atoms with Gasteiger partial charge in [-0.2, -0.15) is 5.10 Å². The van der Waals surface area contributed by atoms with Gasteiger partial charge in [0.2, 0.25) is 5.95 Å². The van der Waals surface area contributed by atoms with Gasteiger partial charge in [0.05, 0.1) is 38.1 Å². The summed E-state index contributed by atoms with van der Waals surface area (Å²) in [6.45, 7) is 3.07. The molecule has 0 bridgehead atoms. The molecule has 196 valence electrons. The van der Waals surface area contributed by atoms with Gasteiger partial charge in [-0.15, -0.1) is 0 Å². The molecular formula is C27H27ClN6O4. The van der Waals surface area contributed by atoms with Gasteiger partial charge in [0.15, 0.2) is 6.73 Å². The second kappa shape index (κ2) is 11.9. The molecule has 1 aliphatic rings. The number of carbonyl (C=O) groups is 1. The van der Waals surface area contributed by atoms with Crippen molar-refractivity contribution in [3.05, 3.63) is 83.1 Å². The monoisotopic (exact) mass is 534 g/mol. The molecule has 1 fully saturated rings. The van der Waals surface area contributed by atoms with E-state index >= 15 is 0 Å². The second-order valence-electron chi connectivity index (χ2n) is 8.53. The van der Waals surface area contributed by atoms with Crippen LogP contribution in [0.5, 0.6) is 11.5 Å². The quantitative estimate of drug-likeness (QED) is 0.322. The standard InChI is InChI=1S/C27H27ClN6O4/c1-36-21-6-2-19(3-7-21)17-34-11-10-24(32-34)25-23(28)16-29-27(31-25)30-18-38-22-8-4-20(5-9-22)26(35)33-12-14-37-15-13-33/h2-11,16H,12-15,17-18H2,1H3,(H,29,30,31). The Morgan fingerprint density at radius 2 is 1.79 bits per heavy atom. The third kappa shape index (κ3) is 6.21. The fourth-order valence-corrected chi connectivity index (χ4v) is 4.14. The summed E-state index contributed by atoms with van der Waals surface area (Å²) in [5.41, 5.74) is 2.86. The molecule has 10 nitrogen and oxygen atoms in total. The zero-order valence-electron chi connectivity index (χ0n) is 20.8. The lowest BCUT2D eigenvalue weighted by molar-refractivity contribution is 0.0303. The smallest absolute Gasteiger partial charge is 0.254 e. The van der Waals surface area contributed by atoms with Gasteiger partial charge in [0.25, 0.3) is 5.91 Å². The molecule has 5 rings (SSSR count). The number of morpholine rings is 1. The average Bonchev–Trinajstić information content (AvgIpc) is 3.43. The van der Waals surface area contributed by atoms with Gasteiger partial charge in [0.1, 0.15) is 22.9 Å². The van der Waals surface area contributed by atoms with Crippen LogP contribution in [0.25, 0.3) is 11.4 Å². The molecular weight excluding hydrogens is 508 g/mol. The third-order valence-electron chi connectivity index (χ3n) is 6.00. The first-order valence-electron chi connectivity index (χ1n) is 12.1. The number of methoxy groups -OCH3 is 1. The van der Waals surface area contributed by atoms with E-state index in [0.29, 0.717) is 66.5 Å². The molecule has 1 aliphatic heterocycles. The predicted octanol–water partition coefficient (Wildman–Crippen LogP) is 3.97. The van der Waals surface area contributed by atoms with Crippen molar-refractivity contribution in [3.63, 3.8) is 0 Å². The van der Waals surface area contributed by atoms with Crippen LogP contribution in [0.1, 0.15) is 15.9 Å². The third-order valence-corrected chi connectivity index (χ3v) is 6.28. The Morgan fingerprint density at radius 3 is 2.53 bits per heavy atom. The number of anilines is 1. The molecule has 1 amide bonds. The van der Waals surface area contributed by atoms with Gasteiger partial charge < -0.3 is 24.4 Å². The SMILES string of the molecule is COc1ccc(Cn2ccc(-c3nc(NCOc4ccc(C(=O)N5CCOCC5)cc4)ncc3Cl)n2)cc1. The van der Waals surface area contributed by atoms with Crippen molar-refractivity contribution in [1.82, 2.24) is 24.6 Å². The first-order chi connectivity index (χ1) is 18.6. The van der Waals surface area contributed by atoms with Crippen LogP contribution >= 0.6 is 11.6 Å². The van der Waals surface area contributed by atoms with E-state index in [4.69, 9.17) is 25.8 Å². The first-order valence-corrected chi connectivity index (χ1v) is 12.5. The van der Waals surface area contributed by atoms with Crippen LogP contribution < -0.4 is 14.8 Å². The molecule has 1 saturated heterocycles. The fraction of sp³-hybridized carbons (Fsp3) is 0.259. The highest BCUT2D eigenvalue weighted by Crippen LogP contribution is 2.25. The summed E-state index contributed by atoms with van der Waals surface area (Å²) in [5, 5.41) is 8.05. The molecule has 11 heteroatoms. The normalized spacial score (nSPS) is 13.3.